The molecule has 0 fully saturated rings. The summed E-state index contributed by atoms with van der Waals surface area (Å²) in [7, 11) is 0. The van der Waals surface area contributed by atoms with E-state index in [9.17, 15) is 18.0 Å². The summed E-state index contributed by atoms with van der Waals surface area (Å²) in [5.41, 5.74) is 0.642. The van der Waals surface area contributed by atoms with E-state index in [2.05, 4.69) is 4.98 Å². The van der Waals surface area contributed by atoms with Crippen LogP contribution in [-0.2, 0) is 12.7 Å². The molecule has 2 aromatic carbocycles. The van der Waals surface area contributed by atoms with Gasteiger partial charge in [0.15, 0.2) is 0 Å². The Hall–Kier alpha value is -2.89. The summed E-state index contributed by atoms with van der Waals surface area (Å²) in [5, 5.41) is 0. The van der Waals surface area contributed by atoms with Crippen LogP contribution in [0.3, 0.4) is 0 Å². The second kappa shape index (κ2) is 6.55. The van der Waals surface area contributed by atoms with Crippen LogP contribution in [0.25, 0.3) is 22.5 Å². The molecule has 0 aliphatic carbocycles. The Morgan fingerprint density at radius 3 is 2.28 bits per heavy atom. The molecule has 3 rings (SSSR count). The maximum absolute atomic E-state index is 12.9. The van der Waals surface area contributed by atoms with Crippen molar-refractivity contribution in [2.45, 2.75) is 19.6 Å². The van der Waals surface area contributed by atoms with E-state index < -0.39 is 17.4 Å². The van der Waals surface area contributed by atoms with Crippen LogP contribution in [0.15, 0.2) is 65.5 Å². The number of halogens is 3. The summed E-state index contributed by atoms with van der Waals surface area (Å²) < 4.78 is 40.3. The summed E-state index contributed by atoms with van der Waals surface area (Å²) in [5.74, 6) is 0. The van der Waals surface area contributed by atoms with Gasteiger partial charge < -0.3 is 0 Å². The molecule has 0 N–H and O–H groups in total. The van der Waals surface area contributed by atoms with Gasteiger partial charge in [-0.3, -0.25) is 4.57 Å². The summed E-state index contributed by atoms with van der Waals surface area (Å²) in [4.78, 5) is 16.3. The van der Waals surface area contributed by atoms with E-state index in [1.165, 1.54) is 16.7 Å². The van der Waals surface area contributed by atoms with Crippen molar-refractivity contribution in [3.05, 3.63) is 76.7 Å². The molecular weight excluding hydrogens is 329 g/mol. The Labute approximate surface area is 142 Å². The molecule has 3 aromatic rings. The summed E-state index contributed by atoms with van der Waals surface area (Å²) in [6, 6.07) is 15.7. The van der Waals surface area contributed by atoms with Crippen LogP contribution in [0.4, 0.5) is 13.2 Å². The average Bonchev–Trinajstić information content (AvgIpc) is 2.61. The molecule has 25 heavy (non-hydrogen) atoms. The van der Waals surface area contributed by atoms with Gasteiger partial charge in [-0.15, -0.1) is 0 Å². The summed E-state index contributed by atoms with van der Waals surface area (Å²) >= 11 is 0. The third-order valence-corrected chi connectivity index (χ3v) is 3.88. The summed E-state index contributed by atoms with van der Waals surface area (Å²) in [6.07, 6.45) is -4.45. The van der Waals surface area contributed by atoms with E-state index in [0.717, 1.165) is 17.7 Å². The Kier molecular flexibility index (Phi) is 4.44. The van der Waals surface area contributed by atoms with Crippen molar-refractivity contribution in [3.63, 3.8) is 0 Å². The van der Waals surface area contributed by atoms with Crippen LogP contribution in [0, 0.1) is 0 Å². The molecule has 0 amide bonds. The first-order valence-electron chi connectivity index (χ1n) is 7.75. The lowest BCUT2D eigenvalue weighted by molar-refractivity contribution is -0.137. The van der Waals surface area contributed by atoms with Gasteiger partial charge in [-0.2, -0.15) is 18.2 Å². The number of rotatable bonds is 3. The van der Waals surface area contributed by atoms with E-state index >= 15 is 0 Å². The number of hydrogen-bond acceptors (Lipinski definition) is 2. The van der Waals surface area contributed by atoms with Crippen molar-refractivity contribution in [1.29, 1.82) is 0 Å². The first-order chi connectivity index (χ1) is 11.9. The van der Waals surface area contributed by atoms with Crippen LogP contribution in [0.2, 0.25) is 0 Å². The van der Waals surface area contributed by atoms with Crippen molar-refractivity contribution in [2.75, 3.05) is 0 Å². The van der Waals surface area contributed by atoms with Crippen molar-refractivity contribution in [2.24, 2.45) is 0 Å². The molecule has 0 aliphatic heterocycles. The van der Waals surface area contributed by atoms with Crippen LogP contribution in [0.1, 0.15) is 12.5 Å². The Morgan fingerprint density at radius 1 is 0.960 bits per heavy atom. The highest BCUT2D eigenvalue weighted by atomic mass is 19.4. The van der Waals surface area contributed by atoms with Crippen molar-refractivity contribution < 1.29 is 13.2 Å². The average molecular weight is 344 g/mol. The van der Waals surface area contributed by atoms with Gasteiger partial charge in [-0.1, -0.05) is 42.5 Å². The lowest BCUT2D eigenvalue weighted by atomic mass is 10.0. The second-order valence-electron chi connectivity index (χ2n) is 5.50. The Morgan fingerprint density at radius 2 is 1.64 bits per heavy atom. The maximum atomic E-state index is 12.9. The highest BCUT2D eigenvalue weighted by molar-refractivity contribution is 5.68. The lowest BCUT2D eigenvalue weighted by Crippen LogP contribution is -2.24. The van der Waals surface area contributed by atoms with Crippen LogP contribution < -0.4 is 5.69 Å². The molecule has 0 saturated carbocycles. The Bertz CT molecular complexity index is 947. The molecule has 0 bridgehead atoms. The van der Waals surface area contributed by atoms with Gasteiger partial charge in [0.05, 0.1) is 17.0 Å². The molecule has 0 saturated heterocycles. The van der Waals surface area contributed by atoms with Crippen LogP contribution in [-0.4, -0.2) is 9.55 Å². The molecule has 6 heteroatoms. The molecule has 1 aromatic heterocycles. The smallest absolute Gasteiger partial charge is 0.292 e. The maximum Gasteiger partial charge on any atom is 0.416 e. The van der Waals surface area contributed by atoms with Gasteiger partial charge in [-0.25, -0.2) is 4.79 Å². The monoisotopic (exact) mass is 344 g/mol. The normalized spacial score (nSPS) is 11.5. The van der Waals surface area contributed by atoms with E-state index in [4.69, 9.17) is 0 Å². The van der Waals surface area contributed by atoms with Gasteiger partial charge in [-0.05, 0) is 30.7 Å². The Balaban J connectivity index is 2.19. The standard InChI is InChI=1S/C19H15F3N2O/c1-2-24-17(13-7-4-3-5-8-13)12-16(23-18(24)25)14-9-6-10-15(11-14)19(20,21)22/h3-12H,2H2,1H3. The molecule has 0 atom stereocenters. The molecular formula is C19H15F3N2O. The van der Waals surface area contributed by atoms with E-state index in [1.54, 1.807) is 6.07 Å². The third-order valence-electron chi connectivity index (χ3n) is 3.88. The number of benzene rings is 2. The van der Waals surface area contributed by atoms with Gasteiger partial charge in [0, 0.05) is 12.1 Å². The number of alkyl halides is 3. The molecule has 128 valence electrons. The zero-order valence-electron chi connectivity index (χ0n) is 13.4. The summed E-state index contributed by atoms with van der Waals surface area (Å²) in [6.45, 7) is 2.23. The van der Waals surface area contributed by atoms with Crippen molar-refractivity contribution >= 4 is 0 Å². The number of aromatic nitrogens is 2. The second-order valence-corrected chi connectivity index (χ2v) is 5.50. The molecule has 0 aliphatic rings. The minimum absolute atomic E-state index is 0.222. The third kappa shape index (κ3) is 3.47. The SMILES string of the molecule is CCn1c(-c2ccccc2)cc(-c2cccc(C(F)(F)F)c2)nc1=O. The van der Waals surface area contributed by atoms with Gasteiger partial charge >= 0.3 is 11.9 Å². The fraction of sp³-hybridized carbons (Fsp3) is 0.158. The fourth-order valence-corrected chi connectivity index (χ4v) is 2.66. The first-order valence-corrected chi connectivity index (χ1v) is 7.75. The zero-order chi connectivity index (χ0) is 18.0. The largest absolute Gasteiger partial charge is 0.416 e. The van der Waals surface area contributed by atoms with E-state index in [1.807, 2.05) is 37.3 Å². The van der Waals surface area contributed by atoms with Gasteiger partial charge in [0.1, 0.15) is 0 Å². The zero-order valence-corrected chi connectivity index (χ0v) is 13.4. The van der Waals surface area contributed by atoms with Crippen molar-refractivity contribution in [3.8, 4) is 22.5 Å². The minimum Gasteiger partial charge on any atom is -0.292 e. The van der Waals surface area contributed by atoms with E-state index in [0.29, 0.717) is 12.2 Å². The number of hydrogen-bond donors (Lipinski definition) is 0. The highest BCUT2D eigenvalue weighted by Crippen LogP contribution is 2.32. The topological polar surface area (TPSA) is 34.9 Å². The van der Waals surface area contributed by atoms with Gasteiger partial charge in [0.2, 0.25) is 0 Å². The molecule has 1 heterocycles. The van der Waals surface area contributed by atoms with Crippen molar-refractivity contribution in [1.82, 2.24) is 9.55 Å². The first kappa shape index (κ1) is 17.0. The van der Waals surface area contributed by atoms with Gasteiger partial charge in [0.25, 0.3) is 0 Å². The fourth-order valence-electron chi connectivity index (χ4n) is 2.66. The van der Waals surface area contributed by atoms with Crippen LogP contribution in [0.5, 0.6) is 0 Å². The lowest BCUT2D eigenvalue weighted by Gasteiger charge is -2.13. The van der Waals surface area contributed by atoms with Crippen LogP contribution >= 0.6 is 0 Å². The highest BCUT2D eigenvalue weighted by Gasteiger charge is 2.30. The molecule has 3 nitrogen and oxygen atoms in total. The predicted octanol–water partition coefficient (Wildman–Crippen LogP) is 4.62. The van der Waals surface area contributed by atoms with E-state index in [-0.39, 0.29) is 11.3 Å². The number of nitrogens with zero attached hydrogens (tertiary/aromatic N) is 2. The molecule has 0 unspecified atom stereocenters. The predicted molar refractivity (Wildman–Crippen MR) is 90.0 cm³/mol. The molecule has 0 spiro atoms. The molecule has 0 radical (unpaired) electrons. The minimum atomic E-state index is -4.45. The quantitative estimate of drug-likeness (QED) is 0.695.